The highest BCUT2D eigenvalue weighted by Crippen LogP contribution is 2.31. The number of hydrogen-bond acceptors (Lipinski definition) is 8. The predicted octanol–water partition coefficient (Wildman–Crippen LogP) is 4.98. The molecule has 0 amide bonds. The average molecular weight is 620 g/mol. The van der Waals surface area contributed by atoms with Gasteiger partial charge >= 0.3 is 0 Å². The van der Waals surface area contributed by atoms with E-state index in [4.69, 9.17) is 4.74 Å². The van der Waals surface area contributed by atoms with Crippen LogP contribution in [0.4, 0.5) is 5.82 Å². The molecule has 0 saturated heterocycles. The molecule has 0 bridgehead atoms. The van der Waals surface area contributed by atoms with Gasteiger partial charge in [0.05, 0.1) is 24.9 Å². The van der Waals surface area contributed by atoms with Gasteiger partial charge in [-0.1, -0.05) is 36.4 Å². The predicted molar refractivity (Wildman–Crippen MR) is 184 cm³/mol. The van der Waals surface area contributed by atoms with Crippen LogP contribution in [0.1, 0.15) is 35.0 Å². The number of benzene rings is 2. The number of methoxy groups -OCH3 is 1. The van der Waals surface area contributed by atoms with E-state index in [1.165, 1.54) is 33.3 Å². The van der Waals surface area contributed by atoms with Crippen LogP contribution in [0.2, 0.25) is 0 Å². The van der Waals surface area contributed by atoms with Gasteiger partial charge in [-0.15, -0.1) is 0 Å². The number of anilines is 1. The number of pyridine rings is 2. The van der Waals surface area contributed by atoms with E-state index >= 15 is 0 Å². The molecule has 6 rings (SSSR count). The minimum absolute atomic E-state index is 0.167. The molecule has 0 spiro atoms. The summed E-state index contributed by atoms with van der Waals surface area (Å²) in [7, 11) is 1.72. The van der Waals surface area contributed by atoms with Gasteiger partial charge in [0.2, 0.25) is 0 Å². The molecular formula is C37H45N7O2. The van der Waals surface area contributed by atoms with Gasteiger partial charge in [-0.3, -0.25) is 14.8 Å². The largest absolute Gasteiger partial charge is 0.497 e. The molecule has 240 valence electrons. The van der Waals surface area contributed by atoms with E-state index in [1.54, 1.807) is 13.3 Å². The Morgan fingerprint density at radius 1 is 1.00 bits per heavy atom. The number of hydrogen-bond donors (Lipinski definition) is 4. The Morgan fingerprint density at radius 2 is 1.80 bits per heavy atom. The van der Waals surface area contributed by atoms with E-state index < -0.39 is 6.10 Å². The van der Waals surface area contributed by atoms with E-state index in [2.05, 4.69) is 71.8 Å². The summed E-state index contributed by atoms with van der Waals surface area (Å²) >= 11 is 0. The summed E-state index contributed by atoms with van der Waals surface area (Å²) in [5.41, 5.74) is 7.50. The van der Waals surface area contributed by atoms with Crippen LogP contribution in [0, 0.1) is 0 Å². The lowest BCUT2D eigenvalue weighted by Gasteiger charge is -2.30. The van der Waals surface area contributed by atoms with Crippen molar-refractivity contribution in [1.82, 2.24) is 30.1 Å². The fourth-order valence-electron chi connectivity index (χ4n) is 6.23. The lowest BCUT2D eigenvalue weighted by atomic mass is 10.0. The maximum absolute atomic E-state index is 10.7. The molecule has 5 aromatic rings. The molecule has 0 saturated carbocycles. The molecule has 4 N–H and O–H groups in total. The van der Waals surface area contributed by atoms with Crippen LogP contribution in [0.3, 0.4) is 0 Å². The third kappa shape index (κ3) is 8.30. The number of nitrogens with one attached hydrogen (secondary N) is 3. The number of aliphatic hydroxyl groups is 1. The fourth-order valence-corrected chi connectivity index (χ4v) is 6.23. The van der Waals surface area contributed by atoms with Gasteiger partial charge in [0.15, 0.2) is 0 Å². The number of nitrogens with zero attached hydrogens (tertiary/aromatic N) is 4. The number of aromatic amines is 1. The first-order chi connectivity index (χ1) is 22.5. The highest BCUT2D eigenvalue weighted by atomic mass is 16.5. The van der Waals surface area contributed by atoms with Crippen molar-refractivity contribution in [3.63, 3.8) is 0 Å². The summed E-state index contributed by atoms with van der Waals surface area (Å²) < 4.78 is 5.46. The Bertz CT molecular complexity index is 1660. The molecular weight excluding hydrogens is 574 g/mol. The minimum atomic E-state index is -0.544. The zero-order valence-electron chi connectivity index (χ0n) is 26.8. The highest BCUT2D eigenvalue weighted by Gasteiger charge is 2.22. The number of aromatic nitrogens is 3. The molecule has 2 atom stereocenters. The zero-order valence-corrected chi connectivity index (χ0v) is 26.8. The Kier molecular flexibility index (Phi) is 10.6. The molecule has 1 aliphatic rings. The molecule has 9 heteroatoms. The number of ether oxygens (including phenoxy) is 1. The van der Waals surface area contributed by atoms with Crippen molar-refractivity contribution in [2.45, 2.75) is 51.7 Å². The van der Waals surface area contributed by atoms with Crippen molar-refractivity contribution in [1.29, 1.82) is 0 Å². The highest BCUT2D eigenvalue weighted by molar-refractivity contribution is 5.86. The van der Waals surface area contributed by atoms with Gasteiger partial charge in [-0.05, 0) is 72.5 Å². The lowest BCUT2D eigenvalue weighted by Crippen LogP contribution is -2.44. The monoisotopic (exact) mass is 619 g/mol. The van der Waals surface area contributed by atoms with Crippen molar-refractivity contribution >= 4 is 16.7 Å². The SMILES string of the molecule is COc1ccc2[nH]c3c(c2c1)CCN(Cc1ccc(CN(CCNCc2ccccn2)CC(Nc2ccccn2)C(C)O)cc1)C3. The van der Waals surface area contributed by atoms with E-state index in [-0.39, 0.29) is 6.04 Å². The number of aliphatic hydroxyl groups excluding tert-OH is 1. The second-order valence-electron chi connectivity index (χ2n) is 12.2. The smallest absolute Gasteiger partial charge is 0.126 e. The van der Waals surface area contributed by atoms with Gasteiger partial charge in [0, 0.05) is 81.3 Å². The molecule has 3 aromatic heterocycles. The average Bonchev–Trinajstić information content (AvgIpc) is 3.45. The number of fused-ring (bicyclic) bond motifs is 3. The van der Waals surface area contributed by atoms with Gasteiger partial charge in [-0.2, -0.15) is 0 Å². The minimum Gasteiger partial charge on any atom is -0.497 e. The van der Waals surface area contributed by atoms with Gasteiger partial charge in [0.1, 0.15) is 11.6 Å². The first-order valence-corrected chi connectivity index (χ1v) is 16.2. The normalized spacial score (nSPS) is 14.7. The van der Waals surface area contributed by atoms with Crippen molar-refractivity contribution in [3.05, 3.63) is 119 Å². The van der Waals surface area contributed by atoms with Gasteiger partial charge in [0.25, 0.3) is 0 Å². The van der Waals surface area contributed by atoms with E-state index in [1.807, 2.05) is 55.6 Å². The zero-order chi connectivity index (χ0) is 31.7. The summed E-state index contributed by atoms with van der Waals surface area (Å²) in [6.45, 7) is 8.51. The molecule has 1 aliphatic heterocycles. The van der Waals surface area contributed by atoms with Crippen LogP contribution >= 0.6 is 0 Å². The second-order valence-corrected chi connectivity index (χ2v) is 12.2. The molecule has 2 unspecified atom stereocenters. The summed E-state index contributed by atoms with van der Waals surface area (Å²) in [6, 6.07) is 26.9. The van der Waals surface area contributed by atoms with E-state index in [0.717, 1.165) is 69.5 Å². The van der Waals surface area contributed by atoms with E-state index in [0.29, 0.717) is 6.54 Å². The van der Waals surface area contributed by atoms with Crippen molar-refractivity contribution in [2.75, 3.05) is 38.6 Å². The van der Waals surface area contributed by atoms with Crippen molar-refractivity contribution in [3.8, 4) is 5.75 Å². The summed E-state index contributed by atoms with van der Waals surface area (Å²) in [6.07, 6.45) is 4.08. The quantitative estimate of drug-likeness (QED) is 0.122. The molecule has 46 heavy (non-hydrogen) atoms. The van der Waals surface area contributed by atoms with Crippen LogP contribution in [-0.4, -0.2) is 75.3 Å². The fraction of sp³-hybridized carbons (Fsp3) is 0.351. The first-order valence-electron chi connectivity index (χ1n) is 16.2. The second kappa shape index (κ2) is 15.3. The van der Waals surface area contributed by atoms with Crippen LogP contribution < -0.4 is 15.4 Å². The van der Waals surface area contributed by atoms with Crippen LogP contribution in [-0.2, 0) is 32.6 Å². The van der Waals surface area contributed by atoms with Crippen LogP contribution in [0.15, 0.2) is 91.3 Å². The molecule has 0 radical (unpaired) electrons. The topological polar surface area (TPSA) is 102 Å². The molecule has 4 heterocycles. The van der Waals surface area contributed by atoms with Crippen LogP contribution in [0.25, 0.3) is 10.9 Å². The van der Waals surface area contributed by atoms with E-state index in [9.17, 15) is 5.11 Å². The van der Waals surface area contributed by atoms with Crippen LogP contribution in [0.5, 0.6) is 5.75 Å². The van der Waals surface area contributed by atoms with Crippen molar-refractivity contribution in [2.24, 2.45) is 0 Å². The third-order valence-corrected chi connectivity index (χ3v) is 8.77. The lowest BCUT2D eigenvalue weighted by molar-refractivity contribution is 0.138. The number of rotatable bonds is 15. The standard InChI is InChI=1S/C37H45N7O2/c1-27(45)35(42-37-8-4-6-17-40-37)25-44(20-18-38-22-30-7-3-5-16-39-30)24-29-11-9-28(10-12-29)23-43-19-15-32-33-21-31(46-2)13-14-34(33)41-36(32)26-43/h3-14,16-17,21,27,35,38,41,45H,15,18-20,22-26H2,1-2H3,(H,40,42). The van der Waals surface area contributed by atoms with Gasteiger partial charge in [-0.25, -0.2) is 4.98 Å². The number of H-pyrrole nitrogens is 1. The summed E-state index contributed by atoms with van der Waals surface area (Å²) in [5, 5.41) is 18.9. The molecule has 0 fully saturated rings. The van der Waals surface area contributed by atoms with Gasteiger partial charge < -0.3 is 25.5 Å². The Labute approximate surface area is 271 Å². The first kappa shape index (κ1) is 31.7. The van der Waals surface area contributed by atoms with Crippen molar-refractivity contribution < 1.29 is 9.84 Å². The molecule has 2 aromatic carbocycles. The third-order valence-electron chi connectivity index (χ3n) is 8.77. The Hall–Kier alpha value is -4.28. The summed E-state index contributed by atoms with van der Waals surface area (Å²) in [5.74, 6) is 1.67. The Morgan fingerprint density at radius 3 is 2.54 bits per heavy atom. The maximum atomic E-state index is 10.7. The summed E-state index contributed by atoms with van der Waals surface area (Å²) in [4.78, 5) is 17.4. The molecule has 0 aliphatic carbocycles. The Balaban J connectivity index is 1.08. The molecule has 9 nitrogen and oxygen atoms in total. The maximum Gasteiger partial charge on any atom is 0.126 e.